The van der Waals surface area contributed by atoms with Gasteiger partial charge in [-0.1, -0.05) is 13.3 Å². The Morgan fingerprint density at radius 2 is 2.10 bits per heavy atom. The number of anilines is 1. The van der Waals surface area contributed by atoms with Crippen LogP contribution in [-0.4, -0.2) is 24.6 Å². The van der Waals surface area contributed by atoms with E-state index in [2.05, 4.69) is 16.2 Å². The van der Waals surface area contributed by atoms with Gasteiger partial charge in [0.25, 0.3) is 5.88 Å². The van der Waals surface area contributed by atoms with Crippen LogP contribution in [0.4, 0.5) is 5.95 Å². The molecule has 21 heavy (non-hydrogen) atoms. The minimum atomic E-state index is -4.66. The molecule has 1 aliphatic rings. The first-order chi connectivity index (χ1) is 9.92. The number of hydrogen-bond donors (Lipinski definition) is 2. The standard InChI is InChI=1S/C12H19N3O5S/c1-2-3-8-19-11-9-6-4-5-7-10(9)15(12(13)14-11)20-21(16,17)18/h13H,2-8H2,1H3,(H,16,17,18)/p+1. The van der Waals surface area contributed by atoms with Crippen molar-refractivity contribution in [3.8, 4) is 5.88 Å². The molecule has 0 amide bonds. The fraction of sp³-hybridized carbons (Fsp3) is 0.667. The Bertz CT molecular complexity index is 618. The summed E-state index contributed by atoms with van der Waals surface area (Å²) in [5.74, 6) is 0.255. The molecule has 0 fully saturated rings. The summed E-state index contributed by atoms with van der Waals surface area (Å²) in [4.78, 5) is 4.06. The van der Waals surface area contributed by atoms with E-state index in [0.29, 0.717) is 31.0 Å². The van der Waals surface area contributed by atoms with E-state index in [4.69, 9.17) is 15.0 Å². The van der Waals surface area contributed by atoms with Crippen molar-refractivity contribution >= 4 is 16.3 Å². The summed E-state index contributed by atoms with van der Waals surface area (Å²) < 4.78 is 41.7. The summed E-state index contributed by atoms with van der Waals surface area (Å²) in [7, 11) is -4.66. The number of fused-ring (bicyclic) bond motifs is 1. The van der Waals surface area contributed by atoms with Crippen LogP contribution in [-0.2, 0) is 23.2 Å². The predicted molar refractivity (Wildman–Crippen MR) is 74.0 cm³/mol. The summed E-state index contributed by atoms with van der Waals surface area (Å²) in [5.41, 5.74) is 7.10. The topological polar surface area (TPSA) is 116 Å². The molecule has 0 aliphatic heterocycles. The first-order valence-corrected chi connectivity index (χ1v) is 8.32. The van der Waals surface area contributed by atoms with Crippen molar-refractivity contribution in [2.75, 3.05) is 12.3 Å². The number of aromatic nitrogens is 2. The van der Waals surface area contributed by atoms with E-state index in [0.717, 1.165) is 36.0 Å². The minimum absolute atomic E-state index is 0.167. The van der Waals surface area contributed by atoms with Crippen LogP contribution in [0.1, 0.15) is 43.9 Å². The van der Waals surface area contributed by atoms with Crippen LogP contribution in [0.15, 0.2) is 0 Å². The smallest absolute Gasteiger partial charge is 0.465 e. The van der Waals surface area contributed by atoms with Crippen molar-refractivity contribution in [2.45, 2.75) is 45.4 Å². The molecular formula is C12H20N3O5S+. The molecule has 1 aromatic rings. The van der Waals surface area contributed by atoms with E-state index in [9.17, 15) is 8.42 Å². The average Bonchev–Trinajstić information content (AvgIpc) is 2.42. The van der Waals surface area contributed by atoms with E-state index in [1.807, 2.05) is 0 Å². The van der Waals surface area contributed by atoms with Gasteiger partial charge >= 0.3 is 16.3 Å². The number of nitrogens with two attached hydrogens (primary N) is 1. The molecule has 0 radical (unpaired) electrons. The van der Waals surface area contributed by atoms with Gasteiger partial charge < -0.3 is 4.74 Å². The Balaban J connectivity index is 2.40. The maximum Gasteiger partial charge on any atom is 0.476 e. The van der Waals surface area contributed by atoms with E-state index in [-0.39, 0.29) is 5.95 Å². The molecule has 8 nitrogen and oxygen atoms in total. The maximum absolute atomic E-state index is 10.9. The van der Waals surface area contributed by atoms with Crippen LogP contribution >= 0.6 is 0 Å². The normalized spacial score (nSPS) is 14.6. The molecule has 1 heterocycles. The van der Waals surface area contributed by atoms with E-state index in [1.54, 1.807) is 0 Å². The molecule has 0 unspecified atom stereocenters. The number of nitrogens with zero attached hydrogens (tertiary/aromatic N) is 2. The molecular weight excluding hydrogens is 298 g/mol. The number of unbranched alkanes of at least 4 members (excludes halogenated alkanes) is 1. The highest BCUT2D eigenvalue weighted by Crippen LogP contribution is 2.26. The fourth-order valence-electron chi connectivity index (χ4n) is 2.31. The van der Waals surface area contributed by atoms with Crippen molar-refractivity contribution in [1.29, 1.82) is 0 Å². The van der Waals surface area contributed by atoms with Crippen LogP contribution in [0.5, 0.6) is 5.88 Å². The minimum Gasteiger partial charge on any atom is -0.465 e. The second-order valence-corrected chi connectivity index (χ2v) is 5.91. The zero-order valence-electron chi connectivity index (χ0n) is 11.9. The Morgan fingerprint density at radius 1 is 1.38 bits per heavy atom. The van der Waals surface area contributed by atoms with Crippen molar-refractivity contribution in [2.24, 2.45) is 0 Å². The number of ether oxygens (including phenoxy) is 1. The third-order valence-corrected chi connectivity index (χ3v) is 3.61. The van der Waals surface area contributed by atoms with Crippen LogP contribution in [0.3, 0.4) is 0 Å². The third kappa shape index (κ3) is 3.94. The lowest BCUT2D eigenvalue weighted by Gasteiger charge is -2.18. The summed E-state index contributed by atoms with van der Waals surface area (Å²) >= 11 is 0. The summed E-state index contributed by atoms with van der Waals surface area (Å²) in [6.45, 7) is 2.58. The second-order valence-electron chi connectivity index (χ2n) is 4.91. The van der Waals surface area contributed by atoms with Crippen LogP contribution in [0.2, 0.25) is 0 Å². The fourth-order valence-corrected chi connectivity index (χ4v) is 2.66. The van der Waals surface area contributed by atoms with Crippen LogP contribution < -0.4 is 19.5 Å². The molecule has 9 heteroatoms. The molecule has 2 rings (SSSR count). The van der Waals surface area contributed by atoms with Gasteiger partial charge in [0, 0.05) is 6.42 Å². The number of rotatable bonds is 6. The zero-order chi connectivity index (χ0) is 15.5. The number of hydrogen-bond acceptors (Lipinski definition) is 6. The monoisotopic (exact) mass is 318 g/mol. The van der Waals surface area contributed by atoms with Crippen molar-refractivity contribution in [1.82, 2.24) is 4.98 Å². The number of nitrogen functional groups attached to an aromatic ring is 1. The predicted octanol–water partition coefficient (Wildman–Crippen LogP) is 0.240. The molecule has 3 N–H and O–H groups in total. The molecule has 0 spiro atoms. The van der Waals surface area contributed by atoms with E-state index in [1.165, 1.54) is 0 Å². The van der Waals surface area contributed by atoms with Gasteiger partial charge in [0.1, 0.15) is 5.69 Å². The van der Waals surface area contributed by atoms with Gasteiger partial charge in [-0.05, 0) is 35.4 Å². The summed E-state index contributed by atoms with van der Waals surface area (Å²) in [5, 5.41) is 0. The molecule has 0 saturated heterocycles. The van der Waals surface area contributed by atoms with Crippen molar-refractivity contribution in [3.05, 3.63) is 11.3 Å². The highest BCUT2D eigenvalue weighted by atomic mass is 32.3. The van der Waals surface area contributed by atoms with E-state index >= 15 is 0 Å². The van der Waals surface area contributed by atoms with Crippen molar-refractivity contribution < 1.29 is 26.7 Å². The molecule has 0 saturated carbocycles. The first kappa shape index (κ1) is 15.8. The lowest BCUT2D eigenvalue weighted by Crippen LogP contribution is -2.52. The Kier molecular flexibility index (Phi) is 4.84. The van der Waals surface area contributed by atoms with Gasteiger partial charge in [-0.25, -0.2) is 4.28 Å². The van der Waals surface area contributed by atoms with E-state index < -0.39 is 10.4 Å². The molecule has 1 aliphatic carbocycles. The third-order valence-electron chi connectivity index (χ3n) is 3.27. The molecule has 1 aromatic heterocycles. The molecule has 0 aromatic carbocycles. The van der Waals surface area contributed by atoms with Gasteiger partial charge in [-0.3, -0.25) is 10.3 Å². The largest absolute Gasteiger partial charge is 0.476 e. The second kappa shape index (κ2) is 6.44. The average molecular weight is 318 g/mol. The quantitative estimate of drug-likeness (QED) is 0.438. The first-order valence-electron chi connectivity index (χ1n) is 6.96. The highest BCUT2D eigenvalue weighted by Gasteiger charge is 2.30. The van der Waals surface area contributed by atoms with Crippen molar-refractivity contribution in [3.63, 3.8) is 0 Å². The van der Waals surface area contributed by atoms with Gasteiger partial charge in [0.05, 0.1) is 12.2 Å². The van der Waals surface area contributed by atoms with Gasteiger partial charge in [0.2, 0.25) is 0 Å². The molecule has 0 atom stereocenters. The Labute approximate surface area is 123 Å². The van der Waals surface area contributed by atoms with Gasteiger partial charge in [-0.15, -0.1) is 0 Å². The SMILES string of the molecule is CCCCOc1nc(N)[n+](OS(=O)(=O)O)c2c1CCCC2. The lowest BCUT2D eigenvalue weighted by molar-refractivity contribution is -0.853. The highest BCUT2D eigenvalue weighted by molar-refractivity contribution is 7.80. The molecule has 118 valence electrons. The maximum atomic E-state index is 10.9. The van der Waals surface area contributed by atoms with Gasteiger partial charge in [-0.2, -0.15) is 8.42 Å². The zero-order valence-corrected chi connectivity index (χ0v) is 12.7. The van der Waals surface area contributed by atoms with Crippen LogP contribution in [0, 0.1) is 0 Å². The summed E-state index contributed by atoms with van der Waals surface area (Å²) in [6.07, 6.45) is 5.01. The Hall–Kier alpha value is -1.61. The lowest BCUT2D eigenvalue weighted by atomic mass is 9.97. The Morgan fingerprint density at radius 3 is 2.76 bits per heavy atom. The molecule has 0 bridgehead atoms. The van der Waals surface area contributed by atoms with Crippen LogP contribution in [0.25, 0.3) is 0 Å². The summed E-state index contributed by atoms with van der Waals surface area (Å²) in [6, 6.07) is 0. The van der Waals surface area contributed by atoms with Gasteiger partial charge in [0.15, 0.2) is 0 Å².